The highest BCUT2D eigenvalue weighted by atomic mass is 19.3. The molecule has 2 fully saturated rings. The number of imidazole rings is 2. The summed E-state index contributed by atoms with van der Waals surface area (Å²) in [6, 6.07) is 10.9. The number of amides is 4. The summed E-state index contributed by atoms with van der Waals surface area (Å²) in [7, 11) is 2.34. The van der Waals surface area contributed by atoms with Gasteiger partial charge in [0.05, 0.1) is 37.1 Å². The molecule has 5 atom stereocenters. The lowest BCUT2D eigenvalue weighted by Crippen LogP contribution is -2.53. The van der Waals surface area contributed by atoms with Crippen molar-refractivity contribution in [3.8, 4) is 33.6 Å². The smallest absolute Gasteiger partial charge is 0.407 e. The van der Waals surface area contributed by atoms with Crippen LogP contribution in [-0.4, -0.2) is 115 Å². The largest absolute Gasteiger partial charge is 0.465 e. The third-order valence-electron chi connectivity index (χ3n) is 10.9. The summed E-state index contributed by atoms with van der Waals surface area (Å²) >= 11 is 0. The van der Waals surface area contributed by atoms with Crippen LogP contribution in [0.4, 0.5) is 27.2 Å². The van der Waals surface area contributed by atoms with Gasteiger partial charge in [-0.2, -0.15) is 0 Å². The van der Waals surface area contributed by atoms with Crippen molar-refractivity contribution in [2.45, 2.75) is 76.5 Å². The zero-order chi connectivity index (χ0) is 42.1. The number of likely N-dealkylation sites (N-methyl/N-ethyl adjacent to an activating group) is 1. The number of aromatic nitrogens is 4. The second-order valence-corrected chi connectivity index (χ2v) is 15.1. The van der Waals surface area contributed by atoms with Gasteiger partial charge in [-0.3, -0.25) is 14.5 Å². The Morgan fingerprint density at radius 2 is 1.38 bits per heavy atom. The van der Waals surface area contributed by atoms with E-state index in [9.17, 15) is 41.8 Å². The van der Waals surface area contributed by atoms with E-state index in [4.69, 9.17) is 4.98 Å². The second kappa shape index (κ2) is 16.9. The Hall–Kier alpha value is -5.94. The first-order chi connectivity index (χ1) is 27.5. The van der Waals surface area contributed by atoms with Gasteiger partial charge in [0.15, 0.2) is 0 Å². The molecule has 4 heterocycles. The number of halogens is 4. The van der Waals surface area contributed by atoms with Crippen molar-refractivity contribution < 1.29 is 46.6 Å². The summed E-state index contributed by atoms with van der Waals surface area (Å²) < 4.78 is 61.4. The molecule has 2 aliphatic heterocycles. The molecule has 310 valence electrons. The highest BCUT2D eigenvalue weighted by Crippen LogP contribution is 2.42. The Balaban J connectivity index is 1.14. The molecule has 14 nitrogen and oxygen atoms in total. The number of aromatic amines is 2. The number of methoxy groups -OCH3 is 1. The normalized spacial score (nSPS) is 19.3. The lowest BCUT2D eigenvalue weighted by Gasteiger charge is -2.33. The third kappa shape index (κ3) is 8.64. The maximum atomic E-state index is 14.8. The van der Waals surface area contributed by atoms with Crippen LogP contribution in [0.15, 0.2) is 60.9 Å². The van der Waals surface area contributed by atoms with E-state index in [1.54, 1.807) is 26.2 Å². The molecule has 2 unspecified atom stereocenters. The molecule has 2 aromatic carbocycles. The molecule has 4 amide bonds. The van der Waals surface area contributed by atoms with Gasteiger partial charge in [0.1, 0.15) is 23.7 Å². The zero-order valence-corrected chi connectivity index (χ0v) is 32.6. The predicted molar refractivity (Wildman–Crippen MR) is 204 cm³/mol. The maximum Gasteiger partial charge on any atom is 0.407 e. The van der Waals surface area contributed by atoms with Crippen molar-refractivity contribution in [2.24, 2.45) is 11.8 Å². The number of carbonyl (C=O) groups excluding carboxylic acids is 3. The number of nitrogens with one attached hydrogen (secondary N) is 3. The van der Waals surface area contributed by atoms with Gasteiger partial charge in [-0.1, -0.05) is 69.3 Å². The fourth-order valence-corrected chi connectivity index (χ4v) is 7.70. The number of alkyl carbamates (subject to hydrolysis) is 1. The summed E-state index contributed by atoms with van der Waals surface area (Å²) in [5, 5.41) is 11.8. The number of benzene rings is 2. The molecule has 0 saturated carbocycles. The molecule has 0 spiro atoms. The van der Waals surface area contributed by atoms with Gasteiger partial charge in [-0.15, -0.1) is 0 Å². The van der Waals surface area contributed by atoms with E-state index in [0.717, 1.165) is 33.6 Å². The van der Waals surface area contributed by atoms with Crippen LogP contribution in [0.5, 0.6) is 0 Å². The summed E-state index contributed by atoms with van der Waals surface area (Å²) in [6.45, 7) is 3.99. The van der Waals surface area contributed by atoms with Gasteiger partial charge in [-0.05, 0) is 29.9 Å². The van der Waals surface area contributed by atoms with Crippen LogP contribution in [-0.2, 0) is 14.3 Å². The van der Waals surface area contributed by atoms with Crippen LogP contribution in [0.1, 0.15) is 63.8 Å². The summed E-state index contributed by atoms with van der Waals surface area (Å²) in [5.74, 6) is -5.76. The van der Waals surface area contributed by atoms with E-state index < -0.39 is 85.3 Å². The molecule has 18 heteroatoms. The van der Waals surface area contributed by atoms with Gasteiger partial charge < -0.3 is 34.9 Å². The minimum atomic E-state index is -3.18. The third-order valence-corrected chi connectivity index (χ3v) is 10.9. The van der Waals surface area contributed by atoms with Gasteiger partial charge in [0.25, 0.3) is 5.92 Å². The van der Waals surface area contributed by atoms with Crippen LogP contribution in [0.3, 0.4) is 0 Å². The standard InChI is InChI=1S/C40H46F4N8O6/c1-21(2)32(50(4)39(56)57)37(54)52-20-40(43,44)17-30(52)35-46-19-28(48-35)26-14-10-24(11-15-26)23-8-12-25(13-9-23)27-18-45-34(47-27)29-7-6-16-51(29)36(53)31(22(3)33(41)42)49-38(55)58-5/h8-15,18-19,21-22,29-33H,6-7,16-17,20H2,1-5H3,(H,45,47)(H,46,48)(H,49,55)(H,56,57)/t22?,29?,30-,31-,32-/m0/s1. The number of likely N-dealkylation sites (tertiary alicyclic amines) is 2. The Bertz CT molecular complexity index is 2110. The first kappa shape index (κ1) is 41.7. The topological polar surface area (TPSA) is 177 Å². The highest BCUT2D eigenvalue weighted by molar-refractivity contribution is 5.87. The fourth-order valence-electron chi connectivity index (χ4n) is 7.70. The first-order valence-electron chi connectivity index (χ1n) is 18.9. The van der Waals surface area contributed by atoms with E-state index >= 15 is 0 Å². The molecule has 4 N–H and O–H groups in total. The molecule has 2 aromatic heterocycles. The summed E-state index contributed by atoms with van der Waals surface area (Å²) in [4.78, 5) is 69.3. The molecule has 58 heavy (non-hydrogen) atoms. The Labute approximate surface area is 332 Å². The van der Waals surface area contributed by atoms with Crippen molar-refractivity contribution in [1.82, 2.24) is 40.0 Å². The zero-order valence-electron chi connectivity index (χ0n) is 32.6. The molecular weight excluding hydrogens is 764 g/mol. The van der Waals surface area contributed by atoms with Crippen LogP contribution >= 0.6 is 0 Å². The van der Waals surface area contributed by atoms with Gasteiger partial charge in [0.2, 0.25) is 18.2 Å². The van der Waals surface area contributed by atoms with E-state index in [-0.39, 0.29) is 5.82 Å². The van der Waals surface area contributed by atoms with Crippen molar-refractivity contribution >= 4 is 24.0 Å². The number of carbonyl (C=O) groups is 4. The van der Waals surface area contributed by atoms with E-state index in [0.29, 0.717) is 42.2 Å². The molecule has 6 rings (SSSR count). The molecule has 4 aromatic rings. The van der Waals surface area contributed by atoms with Gasteiger partial charge in [0, 0.05) is 49.5 Å². The number of nitrogens with zero attached hydrogens (tertiary/aromatic N) is 5. The van der Waals surface area contributed by atoms with Crippen LogP contribution in [0.2, 0.25) is 0 Å². The van der Waals surface area contributed by atoms with E-state index in [2.05, 4.69) is 25.0 Å². The molecule has 0 aliphatic carbocycles. The lowest BCUT2D eigenvalue weighted by molar-refractivity contribution is -0.140. The van der Waals surface area contributed by atoms with Crippen molar-refractivity contribution in [1.29, 1.82) is 0 Å². The van der Waals surface area contributed by atoms with Gasteiger partial charge in [-0.25, -0.2) is 37.1 Å². The van der Waals surface area contributed by atoms with Crippen LogP contribution in [0, 0.1) is 11.8 Å². The van der Waals surface area contributed by atoms with Crippen molar-refractivity contribution in [3.63, 3.8) is 0 Å². The number of H-pyrrole nitrogens is 2. The molecule has 0 radical (unpaired) electrons. The number of hydrogen-bond donors (Lipinski definition) is 4. The van der Waals surface area contributed by atoms with Crippen molar-refractivity contribution in [2.75, 3.05) is 27.2 Å². The number of ether oxygens (including phenoxy) is 1. The quantitative estimate of drug-likeness (QED) is 0.111. The average molecular weight is 811 g/mol. The van der Waals surface area contributed by atoms with Gasteiger partial charge >= 0.3 is 12.2 Å². The number of rotatable bonds is 12. The molecule has 0 bridgehead atoms. The summed E-state index contributed by atoms with van der Waals surface area (Å²) in [6.07, 6.45) is -1.33. The van der Waals surface area contributed by atoms with Crippen LogP contribution in [0.25, 0.3) is 33.6 Å². The maximum absolute atomic E-state index is 14.8. The monoisotopic (exact) mass is 810 g/mol. The minimum Gasteiger partial charge on any atom is -0.465 e. The Morgan fingerprint density at radius 3 is 1.86 bits per heavy atom. The Kier molecular flexibility index (Phi) is 12.1. The number of carboxylic acid groups (broad SMARTS) is 1. The molecular formula is C40H46F4N8O6. The number of alkyl halides is 4. The highest BCUT2D eigenvalue weighted by Gasteiger charge is 2.51. The van der Waals surface area contributed by atoms with Crippen LogP contribution < -0.4 is 5.32 Å². The SMILES string of the molecule is COC(=O)N[C@H](C(=O)N1CCCC1c1nc(-c2ccc(-c3ccc(-c4c[nH]c([C@@H]5CC(F)(F)CN5C(=O)[C@H](C(C)C)N(C)C(=O)O)n4)cc3)cc2)c[nH]1)C(C)C(F)F. The molecule has 2 saturated heterocycles. The first-order valence-corrected chi connectivity index (χ1v) is 18.9. The second-order valence-electron chi connectivity index (χ2n) is 15.1. The molecule has 2 aliphatic rings. The predicted octanol–water partition coefficient (Wildman–Crippen LogP) is 6.97. The minimum absolute atomic E-state index is 0.176. The average Bonchev–Trinajstić information content (AvgIpc) is 4.02. The fraction of sp³-hybridized carbons (Fsp3) is 0.450. The number of hydrogen-bond acceptors (Lipinski definition) is 7. The van der Waals surface area contributed by atoms with E-state index in [1.165, 1.54) is 18.9 Å². The lowest BCUT2D eigenvalue weighted by atomic mass is 10.0. The Morgan fingerprint density at radius 1 is 0.862 bits per heavy atom. The summed E-state index contributed by atoms with van der Waals surface area (Å²) in [5.41, 5.74) is 4.38. The van der Waals surface area contributed by atoms with Crippen molar-refractivity contribution in [3.05, 3.63) is 72.6 Å². The van der Waals surface area contributed by atoms with E-state index in [1.807, 2.05) is 48.5 Å².